The minimum atomic E-state index is -0.134. The minimum absolute atomic E-state index is 0.134. The van der Waals surface area contributed by atoms with Crippen LogP contribution in [0, 0.1) is 11.8 Å². The highest BCUT2D eigenvalue weighted by atomic mass is 35.5. The highest BCUT2D eigenvalue weighted by Gasteiger charge is 2.35. The average Bonchev–Trinajstić information content (AvgIpc) is 2.42. The summed E-state index contributed by atoms with van der Waals surface area (Å²) in [4.78, 5) is 12.4. The second-order valence-electron chi connectivity index (χ2n) is 6.33. The quantitative estimate of drug-likeness (QED) is 0.686. The van der Waals surface area contributed by atoms with Gasteiger partial charge in [0.25, 0.3) is 0 Å². The van der Waals surface area contributed by atoms with Crippen LogP contribution in [0.15, 0.2) is 0 Å². The van der Waals surface area contributed by atoms with Crippen LogP contribution < -0.4 is 5.32 Å². The van der Waals surface area contributed by atoms with Crippen molar-refractivity contribution in [3.63, 3.8) is 0 Å². The number of rotatable bonds is 7. The minimum Gasteiger partial charge on any atom is -0.349 e. The van der Waals surface area contributed by atoms with Crippen LogP contribution in [0.4, 0.5) is 0 Å². The summed E-state index contributed by atoms with van der Waals surface area (Å²) in [6.07, 6.45) is 8.66. The molecule has 0 aromatic rings. The van der Waals surface area contributed by atoms with Crippen molar-refractivity contribution in [3.05, 3.63) is 0 Å². The first-order valence-electron chi connectivity index (χ1n) is 7.95. The SMILES string of the molecule is CCCCC(CC)C(=O)NC1(CCl)CCC(C)CC1. The number of amides is 1. The molecule has 0 spiro atoms. The molecule has 0 aliphatic heterocycles. The van der Waals surface area contributed by atoms with Crippen LogP contribution in [0.1, 0.15) is 72.1 Å². The first-order chi connectivity index (χ1) is 9.06. The molecule has 1 aliphatic rings. The smallest absolute Gasteiger partial charge is 0.223 e. The normalized spacial score (nSPS) is 28.9. The maximum Gasteiger partial charge on any atom is 0.223 e. The molecule has 0 heterocycles. The fourth-order valence-corrected chi connectivity index (χ4v) is 3.28. The molecular formula is C16H30ClNO. The fraction of sp³-hybridized carbons (Fsp3) is 0.938. The van der Waals surface area contributed by atoms with Crippen LogP contribution in [-0.4, -0.2) is 17.3 Å². The van der Waals surface area contributed by atoms with Gasteiger partial charge in [0.1, 0.15) is 0 Å². The van der Waals surface area contributed by atoms with Crippen molar-refractivity contribution in [1.82, 2.24) is 5.32 Å². The van der Waals surface area contributed by atoms with Crippen molar-refractivity contribution < 1.29 is 4.79 Å². The third-order valence-corrected chi connectivity index (χ3v) is 5.16. The van der Waals surface area contributed by atoms with Gasteiger partial charge in [-0.15, -0.1) is 11.6 Å². The van der Waals surface area contributed by atoms with Gasteiger partial charge in [-0.05, 0) is 44.4 Å². The van der Waals surface area contributed by atoms with Gasteiger partial charge >= 0.3 is 0 Å². The molecule has 0 bridgehead atoms. The van der Waals surface area contributed by atoms with E-state index in [1.807, 2.05) is 0 Å². The lowest BCUT2D eigenvalue weighted by molar-refractivity contribution is -0.127. The van der Waals surface area contributed by atoms with Gasteiger partial charge in [0.05, 0.1) is 5.54 Å². The van der Waals surface area contributed by atoms with Crippen LogP contribution in [-0.2, 0) is 4.79 Å². The zero-order chi connectivity index (χ0) is 14.3. The summed E-state index contributed by atoms with van der Waals surface area (Å²) in [7, 11) is 0. The van der Waals surface area contributed by atoms with Gasteiger partial charge in [-0.25, -0.2) is 0 Å². The van der Waals surface area contributed by atoms with Crippen LogP contribution in [0.25, 0.3) is 0 Å². The van der Waals surface area contributed by atoms with E-state index in [0.717, 1.165) is 44.4 Å². The topological polar surface area (TPSA) is 29.1 Å². The Bertz CT molecular complexity index is 272. The van der Waals surface area contributed by atoms with Crippen molar-refractivity contribution in [1.29, 1.82) is 0 Å². The lowest BCUT2D eigenvalue weighted by atomic mass is 9.78. The molecule has 112 valence electrons. The first kappa shape index (κ1) is 16.8. The summed E-state index contributed by atoms with van der Waals surface area (Å²) in [5, 5.41) is 3.29. The van der Waals surface area contributed by atoms with Crippen molar-refractivity contribution in [2.75, 3.05) is 5.88 Å². The lowest BCUT2D eigenvalue weighted by Crippen LogP contribution is -2.53. The monoisotopic (exact) mass is 287 g/mol. The van der Waals surface area contributed by atoms with Gasteiger partial charge in [0.2, 0.25) is 5.91 Å². The Balaban J connectivity index is 2.56. The van der Waals surface area contributed by atoms with Crippen LogP contribution in [0.5, 0.6) is 0 Å². The predicted octanol–water partition coefficient (Wildman–Crippen LogP) is 4.51. The average molecular weight is 288 g/mol. The Morgan fingerprint density at radius 1 is 1.37 bits per heavy atom. The number of hydrogen-bond acceptors (Lipinski definition) is 1. The van der Waals surface area contributed by atoms with E-state index in [0.29, 0.717) is 5.88 Å². The largest absolute Gasteiger partial charge is 0.349 e. The van der Waals surface area contributed by atoms with E-state index >= 15 is 0 Å². The summed E-state index contributed by atoms with van der Waals surface area (Å²) in [5.41, 5.74) is -0.134. The summed E-state index contributed by atoms with van der Waals surface area (Å²) in [5.74, 6) is 1.72. The molecule has 3 heteroatoms. The number of alkyl halides is 1. The van der Waals surface area contributed by atoms with Gasteiger partial charge in [0, 0.05) is 11.8 Å². The van der Waals surface area contributed by atoms with Crippen molar-refractivity contribution in [2.24, 2.45) is 11.8 Å². The second-order valence-corrected chi connectivity index (χ2v) is 6.60. The molecule has 0 radical (unpaired) electrons. The molecular weight excluding hydrogens is 258 g/mol. The van der Waals surface area contributed by atoms with Gasteiger partial charge in [-0.2, -0.15) is 0 Å². The fourth-order valence-electron chi connectivity index (χ4n) is 2.94. The molecule has 1 unspecified atom stereocenters. The van der Waals surface area contributed by atoms with Gasteiger partial charge in [-0.3, -0.25) is 4.79 Å². The maximum atomic E-state index is 12.4. The van der Waals surface area contributed by atoms with Crippen molar-refractivity contribution >= 4 is 17.5 Å². The summed E-state index contributed by atoms with van der Waals surface area (Å²) in [6.45, 7) is 6.57. The van der Waals surface area contributed by atoms with E-state index in [1.165, 1.54) is 12.8 Å². The summed E-state index contributed by atoms with van der Waals surface area (Å²) in [6, 6.07) is 0. The molecule has 1 atom stereocenters. The van der Waals surface area contributed by atoms with Crippen LogP contribution in [0.3, 0.4) is 0 Å². The lowest BCUT2D eigenvalue weighted by Gasteiger charge is -2.39. The third-order valence-electron chi connectivity index (χ3n) is 4.65. The Kier molecular flexibility index (Phi) is 7.20. The molecule has 1 saturated carbocycles. The Morgan fingerprint density at radius 3 is 2.47 bits per heavy atom. The van der Waals surface area contributed by atoms with E-state index in [9.17, 15) is 4.79 Å². The van der Waals surface area contributed by atoms with Crippen LogP contribution in [0.2, 0.25) is 0 Å². The highest BCUT2D eigenvalue weighted by Crippen LogP contribution is 2.33. The molecule has 0 aromatic carbocycles. The summed E-state index contributed by atoms with van der Waals surface area (Å²) >= 11 is 6.17. The van der Waals surface area contributed by atoms with Crippen molar-refractivity contribution in [3.8, 4) is 0 Å². The highest BCUT2D eigenvalue weighted by molar-refractivity contribution is 6.18. The molecule has 2 nitrogen and oxygen atoms in total. The predicted molar refractivity (Wildman–Crippen MR) is 82.5 cm³/mol. The number of unbranched alkanes of at least 4 members (excludes halogenated alkanes) is 1. The van der Waals surface area contributed by atoms with Crippen LogP contribution >= 0.6 is 11.6 Å². The van der Waals surface area contributed by atoms with E-state index in [4.69, 9.17) is 11.6 Å². The van der Waals surface area contributed by atoms with Gasteiger partial charge in [-0.1, -0.05) is 33.6 Å². The first-order valence-corrected chi connectivity index (χ1v) is 8.48. The van der Waals surface area contributed by atoms with Gasteiger partial charge < -0.3 is 5.32 Å². The molecule has 1 rings (SSSR count). The zero-order valence-corrected chi connectivity index (χ0v) is 13.6. The maximum absolute atomic E-state index is 12.4. The Labute approximate surface area is 123 Å². The van der Waals surface area contributed by atoms with E-state index in [2.05, 4.69) is 26.1 Å². The number of hydrogen-bond donors (Lipinski definition) is 1. The molecule has 0 saturated heterocycles. The van der Waals surface area contributed by atoms with Gasteiger partial charge in [0.15, 0.2) is 0 Å². The molecule has 0 aromatic heterocycles. The van der Waals surface area contributed by atoms with E-state index in [1.54, 1.807) is 0 Å². The number of halogens is 1. The Hall–Kier alpha value is -0.240. The van der Waals surface area contributed by atoms with Crippen molar-refractivity contribution in [2.45, 2.75) is 77.7 Å². The Morgan fingerprint density at radius 2 is 2.00 bits per heavy atom. The number of carbonyl (C=O) groups excluding carboxylic acids is 1. The molecule has 1 aliphatic carbocycles. The number of carbonyl (C=O) groups is 1. The van der Waals surface area contributed by atoms with E-state index < -0.39 is 0 Å². The number of nitrogens with one attached hydrogen (secondary N) is 1. The molecule has 1 fully saturated rings. The second kappa shape index (κ2) is 8.14. The summed E-state index contributed by atoms with van der Waals surface area (Å²) < 4.78 is 0. The molecule has 19 heavy (non-hydrogen) atoms. The third kappa shape index (κ3) is 4.98. The molecule has 1 N–H and O–H groups in total. The standard InChI is InChI=1S/C16H30ClNO/c1-4-6-7-14(5-2)15(19)18-16(12-17)10-8-13(3)9-11-16/h13-14H,4-12H2,1-3H3,(H,18,19). The molecule has 1 amide bonds. The van der Waals surface area contributed by atoms with E-state index in [-0.39, 0.29) is 17.4 Å². The zero-order valence-electron chi connectivity index (χ0n) is 12.8.